The molecule has 0 radical (unpaired) electrons. The van der Waals surface area contributed by atoms with E-state index in [2.05, 4.69) is 27.3 Å². The van der Waals surface area contributed by atoms with Gasteiger partial charge in [0.2, 0.25) is 0 Å². The lowest BCUT2D eigenvalue weighted by Gasteiger charge is -2.08. The van der Waals surface area contributed by atoms with E-state index in [1.54, 1.807) is 27.0 Å². The van der Waals surface area contributed by atoms with Crippen molar-refractivity contribution in [3.63, 3.8) is 0 Å². The maximum Gasteiger partial charge on any atom is 0.307 e. The summed E-state index contributed by atoms with van der Waals surface area (Å²) in [5.41, 5.74) is 0.766. The van der Waals surface area contributed by atoms with Crippen LogP contribution in [0.4, 0.5) is 5.82 Å². The van der Waals surface area contributed by atoms with Gasteiger partial charge in [-0.25, -0.2) is 9.97 Å². The number of aromatic nitrogens is 5. The number of aryl methyl sites for hydroxylation is 1. The molecule has 0 saturated heterocycles. The Labute approximate surface area is 125 Å². The summed E-state index contributed by atoms with van der Waals surface area (Å²) in [5.74, 6) is 1.37. The van der Waals surface area contributed by atoms with Crippen molar-refractivity contribution in [1.82, 2.24) is 24.3 Å². The van der Waals surface area contributed by atoms with Crippen molar-refractivity contribution in [2.45, 2.75) is 19.9 Å². The van der Waals surface area contributed by atoms with E-state index in [0.717, 1.165) is 29.8 Å². The topological polar surface area (TPSA) is 77.6 Å². The van der Waals surface area contributed by atoms with Crippen LogP contribution in [0.3, 0.4) is 0 Å². The summed E-state index contributed by atoms with van der Waals surface area (Å²) in [6, 6.07) is 0. The number of hydrogen-bond acceptors (Lipinski definition) is 6. The molecule has 0 bridgehead atoms. The van der Waals surface area contributed by atoms with Gasteiger partial charge in [-0.1, -0.05) is 18.3 Å². The third kappa shape index (κ3) is 2.66. The van der Waals surface area contributed by atoms with E-state index in [4.69, 9.17) is 0 Å². The lowest BCUT2D eigenvalue weighted by molar-refractivity contribution is 0.726. The summed E-state index contributed by atoms with van der Waals surface area (Å²) in [5, 5.41) is 10.2. The van der Waals surface area contributed by atoms with Crippen LogP contribution in [0.25, 0.3) is 11.0 Å². The number of nitrogens with zero attached hydrogens (tertiary/aromatic N) is 5. The molecule has 0 fully saturated rings. The van der Waals surface area contributed by atoms with Crippen LogP contribution in [0, 0.1) is 0 Å². The highest BCUT2D eigenvalue weighted by atomic mass is 32.1. The monoisotopic (exact) mass is 304 g/mol. The average Bonchev–Trinajstić information content (AvgIpc) is 3.04. The Morgan fingerprint density at radius 3 is 2.95 bits per heavy atom. The summed E-state index contributed by atoms with van der Waals surface area (Å²) >= 11 is 1.17. The Hall–Kier alpha value is -2.22. The Morgan fingerprint density at radius 1 is 1.38 bits per heavy atom. The molecule has 0 amide bonds. The molecule has 3 heterocycles. The zero-order valence-corrected chi connectivity index (χ0v) is 12.7. The summed E-state index contributed by atoms with van der Waals surface area (Å²) in [4.78, 5) is 20.7. The number of thiazole rings is 1. The maximum atomic E-state index is 11.7. The van der Waals surface area contributed by atoms with E-state index in [1.807, 2.05) is 7.05 Å². The second-order valence-electron chi connectivity index (χ2n) is 4.72. The van der Waals surface area contributed by atoms with Crippen molar-refractivity contribution in [2.75, 3.05) is 11.9 Å². The van der Waals surface area contributed by atoms with Crippen molar-refractivity contribution in [1.29, 1.82) is 0 Å². The molecule has 0 aliphatic heterocycles. The Balaban J connectivity index is 2.04. The van der Waals surface area contributed by atoms with Crippen molar-refractivity contribution in [2.24, 2.45) is 7.05 Å². The van der Waals surface area contributed by atoms with Gasteiger partial charge in [0.1, 0.15) is 5.82 Å². The smallest absolute Gasteiger partial charge is 0.307 e. The molecule has 0 spiro atoms. The van der Waals surface area contributed by atoms with Crippen molar-refractivity contribution in [3.05, 3.63) is 33.3 Å². The molecular weight excluding hydrogens is 288 g/mol. The van der Waals surface area contributed by atoms with E-state index < -0.39 is 0 Å². The zero-order chi connectivity index (χ0) is 14.8. The molecule has 110 valence electrons. The largest absolute Gasteiger partial charge is 0.369 e. The standard InChI is InChI=1S/C13H16N6OS/c1-3-4-14-11-9-7-15-18(2)12(9)17-10(16-11)8-19-5-6-21-13(19)20/h5-7H,3-4,8H2,1-2H3,(H,14,16,17). The van der Waals surface area contributed by atoms with E-state index >= 15 is 0 Å². The van der Waals surface area contributed by atoms with Crippen LogP contribution < -0.4 is 10.2 Å². The second-order valence-corrected chi connectivity index (χ2v) is 5.57. The molecule has 0 atom stereocenters. The van der Waals surface area contributed by atoms with Gasteiger partial charge in [0.15, 0.2) is 11.5 Å². The number of nitrogens with one attached hydrogen (secondary N) is 1. The van der Waals surface area contributed by atoms with Crippen LogP contribution in [0.15, 0.2) is 22.6 Å². The molecule has 21 heavy (non-hydrogen) atoms. The van der Waals surface area contributed by atoms with E-state index in [-0.39, 0.29) is 4.87 Å². The number of hydrogen-bond donors (Lipinski definition) is 1. The third-order valence-corrected chi connectivity index (χ3v) is 3.83. The Kier molecular flexibility index (Phi) is 3.70. The minimum atomic E-state index is -0.00762. The van der Waals surface area contributed by atoms with Gasteiger partial charge >= 0.3 is 4.87 Å². The molecule has 1 N–H and O–H groups in total. The first-order valence-corrected chi connectivity index (χ1v) is 7.63. The van der Waals surface area contributed by atoms with Gasteiger partial charge in [0, 0.05) is 25.2 Å². The molecule has 3 aromatic heterocycles. The molecule has 7 nitrogen and oxygen atoms in total. The fraction of sp³-hybridized carbons (Fsp3) is 0.385. The van der Waals surface area contributed by atoms with Crippen LogP contribution in [0.5, 0.6) is 0 Å². The number of fused-ring (bicyclic) bond motifs is 1. The predicted molar refractivity (Wildman–Crippen MR) is 82.8 cm³/mol. The van der Waals surface area contributed by atoms with Gasteiger partial charge in [-0.2, -0.15) is 5.10 Å². The lowest BCUT2D eigenvalue weighted by atomic mass is 10.3. The lowest BCUT2D eigenvalue weighted by Crippen LogP contribution is -2.16. The fourth-order valence-corrected chi connectivity index (χ4v) is 2.66. The van der Waals surface area contributed by atoms with E-state index in [0.29, 0.717) is 12.4 Å². The normalized spacial score (nSPS) is 11.1. The van der Waals surface area contributed by atoms with Gasteiger partial charge in [-0.15, -0.1) is 0 Å². The third-order valence-electron chi connectivity index (χ3n) is 3.14. The van der Waals surface area contributed by atoms with Gasteiger partial charge < -0.3 is 5.32 Å². The molecule has 0 aliphatic rings. The maximum absolute atomic E-state index is 11.7. The van der Waals surface area contributed by atoms with Gasteiger partial charge in [-0.3, -0.25) is 14.0 Å². The average molecular weight is 304 g/mol. The van der Waals surface area contributed by atoms with Crippen LogP contribution in [-0.4, -0.2) is 30.9 Å². The zero-order valence-electron chi connectivity index (χ0n) is 11.9. The molecule has 0 saturated carbocycles. The minimum absolute atomic E-state index is 0.00762. The molecule has 0 unspecified atom stereocenters. The second kappa shape index (κ2) is 5.65. The van der Waals surface area contributed by atoms with Gasteiger partial charge in [0.05, 0.1) is 18.1 Å². The van der Waals surface area contributed by atoms with Gasteiger partial charge in [0.25, 0.3) is 0 Å². The molecular formula is C13H16N6OS. The highest BCUT2D eigenvalue weighted by molar-refractivity contribution is 7.07. The fourth-order valence-electron chi connectivity index (χ4n) is 2.08. The summed E-state index contributed by atoms with van der Waals surface area (Å²) in [6.45, 7) is 3.30. The summed E-state index contributed by atoms with van der Waals surface area (Å²) in [6.07, 6.45) is 4.52. The predicted octanol–water partition coefficient (Wildman–Crippen LogP) is 1.46. The molecule has 8 heteroatoms. The van der Waals surface area contributed by atoms with E-state index in [1.165, 1.54) is 11.3 Å². The van der Waals surface area contributed by atoms with Crippen molar-refractivity contribution in [3.8, 4) is 0 Å². The van der Waals surface area contributed by atoms with E-state index in [9.17, 15) is 4.79 Å². The SMILES string of the molecule is CCCNc1nc(Cn2ccsc2=O)nc2c1cnn2C. The van der Waals surface area contributed by atoms with Crippen LogP contribution in [0.2, 0.25) is 0 Å². The van der Waals surface area contributed by atoms with Crippen LogP contribution >= 0.6 is 11.3 Å². The quantitative estimate of drug-likeness (QED) is 0.772. The first kappa shape index (κ1) is 13.7. The first-order valence-electron chi connectivity index (χ1n) is 6.75. The number of anilines is 1. The van der Waals surface area contributed by atoms with Crippen LogP contribution in [0.1, 0.15) is 19.2 Å². The minimum Gasteiger partial charge on any atom is -0.369 e. The molecule has 0 aliphatic carbocycles. The number of rotatable bonds is 5. The summed E-state index contributed by atoms with van der Waals surface area (Å²) < 4.78 is 3.32. The van der Waals surface area contributed by atoms with Crippen molar-refractivity contribution >= 4 is 28.2 Å². The van der Waals surface area contributed by atoms with Crippen LogP contribution in [-0.2, 0) is 13.6 Å². The Morgan fingerprint density at radius 2 is 2.24 bits per heavy atom. The first-order chi connectivity index (χ1) is 10.2. The van der Waals surface area contributed by atoms with Crippen molar-refractivity contribution < 1.29 is 0 Å². The molecule has 0 aromatic carbocycles. The Bertz CT molecular complexity index is 818. The highest BCUT2D eigenvalue weighted by Gasteiger charge is 2.12. The molecule has 3 aromatic rings. The highest BCUT2D eigenvalue weighted by Crippen LogP contribution is 2.19. The van der Waals surface area contributed by atoms with Gasteiger partial charge in [-0.05, 0) is 6.42 Å². The summed E-state index contributed by atoms with van der Waals surface area (Å²) in [7, 11) is 1.85. The molecule has 3 rings (SSSR count).